The van der Waals surface area contributed by atoms with Gasteiger partial charge in [-0.3, -0.25) is 9.79 Å². The Kier molecular flexibility index (Phi) is 6.57. The molecule has 1 aliphatic rings. The lowest BCUT2D eigenvalue weighted by atomic mass is 10.1. The van der Waals surface area contributed by atoms with E-state index in [1.807, 2.05) is 0 Å². The maximum atomic E-state index is 13.4. The van der Waals surface area contributed by atoms with E-state index in [9.17, 15) is 23.1 Å². The van der Waals surface area contributed by atoms with Crippen LogP contribution in [0.1, 0.15) is 30.4 Å². The molecule has 3 aromatic rings. The Bertz CT molecular complexity index is 1220. The van der Waals surface area contributed by atoms with Crippen molar-refractivity contribution in [3.63, 3.8) is 0 Å². The van der Waals surface area contributed by atoms with Gasteiger partial charge >= 0.3 is 6.18 Å². The van der Waals surface area contributed by atoms with E-state index >= 15 is 0 Å². The van der Waals surface area contributed by atoms with E-state index in [1.54, 1.807) is 11.9 Å². The van der Waals surface area contributed by atoms with Gasteiger partial charge in [-0.05, 0) is 25.0 Å². The number of aromatic nitrogens is 3. The minimum Gasteiger partial charge on any atom is -0.494 e. The topological polar surface area (TPSA) is 116 Å². The second kappa shape index (κ2) is 9.57. The second-order valence-electron chi connectivity index (χ2n) is 7.85. The average molecular weight is 476 g/mol. The molecule has 34 heavy (non-hydrogen) atoms. The van der Waals surface area contributed by atoms with Crippen molar-refractivity contribution >= 4 is 34.7 Å². The van der Waals surface area contributed by atoms with Gasteiger partial charge in [-0.2, -0.15) is 13.2 Å². The number of nitrogens with zero attached hydrogens (tertiary/aromatic N) is 4. The summed E-state index contributed by atoms with van der Waals surface area (Å²) in [5.41, 5.74) is -0.369. The lowest BCUT2D eigenvalue weighted by Gasteiger charge is -2.18. The molecule has 2 bridgehead atoms. The molecule has 0 fully saturated rings. The number of aromatic amines is 1. The van der Waals surface area contributed by atoms with E-state index in [0.29, 0.717) is 49.2 Å². The maximum absolute atomic E-state index is 13.4. The van der Waals surface area contributed by atoms with Gasteiger partial charge in [0.25, 0.3) is 0 Å². The number of carbonyl (C=O) groups excluding carboxylic acids is 1. The Labute approximate surface area is 192 Å². The smallest absolute Gasteiger partial charge is 0.416 e. The third kappa shape index (κ3) is 5.21. The van der Waals surface area contributed by atoms with Crippen LogP contribution in [0, 0.1) is 0 Å². The number of H-pyrrole nitrogens is 1. The van der Waals surface area contributed by atoms with Crippen LogP contribution < -0.4 is 10.1 Å². The van der Waals surface area contributed by atoms with Crippen LogP contribution in [0.25, 0.3) is 11.0 Å². The van der Waals surface area contributed by atoms with Gasteiger partial charge in [-0.1, -0.05) is 0 Å². The van der Waals surface area contributed by atoms with Crippen LogP contribution >= 0.6 is 0 Å². The zero-order chi connectivity index (χ0) is 24.3. The summed E-state index contributed by atoms with van der Waals surface area (Å²) in [6.07, 6.45) is -0.693. The summed E-state index contributed by atoms with van der Waals surface area (Å²) in [5.74, 6) is 0.0927. The molecule has 0 unspecified atom stereocenters. The SMILES string of the molecule is CN1CCNc2ncnc3[nH]c(O)c(c23)C=Nc2cc(cc(C(F)(F)F)c2)OCCCCC1=O. The number of hydrogen-bond donors (Lipinski definition) is 3. The van der Waals surface area contributed by atoms with E-state index in [0.717, 1.165) is 12.1 Å². The molecule has 0 aliphatic carbocycles. The van der Waals surface area contributed by atoms with Crippen LogP contribution in [0.3, 0.4) is 0 Å². The number of anilines is 1. The summed E-state index contributed by atoms with van der Waals surface area (Å²) >= 11 is 0. The van der Waals surface area contributed by atoms with Gasteiger partial charge in [-0.15, -0.1) is 0 Å². The van der Waals surface area contributed by atoms with Crippen LogP contribution in [-0.4, -0.2) is 63.8 Å². The number of nitrogens with one attached hydrogen (secondary N) is 2. The third-order valence-corrected chi connectivity index (χ3v) is 5.39. The number of carbonyl (C=O) groups is 1. The number of aromatic hydroxyl groups is 1. The number of fused-ring (bicyclic) bond motifs is 2. The molecule has 9 nitrogen and oxygen atoms in total. The fourth-order valence-electron chi connectivity index (χ4n) is 3.56. The second-order valence-corrected chi connectivity index (χ2v) is 7.85. The Morgan fingerprint density at radius 1 is 1.18 bits per heavy atom. The number of halogens is 3. The van der Waals surface area contributed by atoms with Crippen molar-refractivity contribution in [3.8, 4) is 11.6 Å². The molecule has 12 heteroatoms. The standard InChI is InChI=1S/C22H23F3N6O3/c1-31-6-5-26-19-18-16(21(33)30-20(18)29-12-28-19)11-27-14-8-13(22(23,24)25)9-15(10-14)34-7-3-2-4-17(31)32/h8-12,33H,2-7H2,1H3,(H2,26,28,29,30). The van der Waals surface area contributed by atoms with Gasteiger partial charge in [0, 0.05) is 38.8 Å². The van der Waals surface area contributed by atoms with Crippen molar-refractivity contribution in [1.29, 1.82) is 0 Å². The monoisotopic (exact) mass is 476 g/mol. The fourth-order valence-corrected chi connectivity index (χ4v) is 3.56. The zero-order valence-corrected chi connectivity index (χ0v) is 18.3. The molecule has 180 valence electrons. The summed E-state index contributed by atoms with van der Waals surface area (Å²) < 4.78 is 45.8. The highest BCUT2D eigenvalue weighted by molar-refractivity contribution is 6.06. The predicted octanol–water partition coefficient (Wildman–Crippen LogP) is 3.87. The van der Waals surface area contributed by atoms with Crippen molar-refractivity contribution in [2.45, 2.75) is 25.4 Å². The van der Waals surface area contributed by atoms with E-state index in [-0.39, 0.29) is 35.4 Å². The van der Waals surface area contributed by atoms with E-state index in [1.165, 1.54) is 18.6 Å². The Morgan fingerprint density at radius 2 is 2.00 bits per heavy atom. The number of hydrogen-bond acceptors (Lipinski definition) is 7. The highest BCUT2D eigenvalue weighted by Crippen LogP contribution is 2.36. The number of amides is 1. The molecular weight excluding hydrogens is 453 g/mol. The third-order valence-electron chi connectivity index (χ3n) is 5.39. The lowest BCUT2D eigenvalue weighted by molar-refractivity contribution is -0.137. The number of ether oxygens (including phenoxy) is 1. The molecule has 0 radical (unpaired) electrons. The first-order valence-electron chi connectivity index (χ1n) is 10.6. The number of likely N-dealkylation sites (N-methyl/N-ethyl adjacent to an activating group) is 1. The summed E-state index contributed by atoms with van der Waals surface area (Å²) in [6, 6.07) is 3.20. The number of rotatable bonds is 0. The van der Waals surface area contributed by atoms with Crippen molar-refractivity contribution < 1.29 is 27.8 Å². The van der Waals surface area contributed by atoms with Crippen LogP contribution in [0.15, 0.2) is 29.5 Å². The van der Waals surface area contributed by atoms with E-state index in [4.69, 9.17) is 4.74 Å². The van der Waals surface area contributed by atoms with Crippen molar-refractivity contribution in [3.05, 3.63) is 35.7 Å². The summed E-state index contributed by atoms with van der Waals surface area (Å²) in [6.45, 7) is 0.968. The fraction of sp³-hybridized carbons (Fsp3) is 0.364. The summed E-state index contributed by atoms with van der Waals surface area (Å²) in [4.78, 5) is 29.1. The molecule has 3 N–H and O–H groups in total. The minimum absolute atomic E-state index is 0.00264. The number of alkyl halides is 3. The van der Waals surface area contributed by atoms with Crippen LogP contribution in [0.4, 0.5) is 24.7 Å². The molecular formula is C22H23F3N6O3. The molecule has 1 aliphatic heterocycles. The van der Waals surface area contributed by atoms with Gasteiger partial charge < -0.3 is 25.0 Å². The van der Waals surface area contributed by atoms with Gasteiger partial charge in [0.15, 0.2) is 5.88 Å². The highest BCUT2D eigenvalue weighted by atomic mass is 19.4. The molecule has 4 rings (SSSR count). The largest absolute Gasteiger partial charge is 0.494 e. The number of aliphatic imine (C=N–C) groups is 1. The summed E-state index contributed by atoms with van der Waals surface area (Å²) in [7, 11) is 1.69. The van der Waals surface area contributed by atoms with Crippen LogP contribution in [-0.2, 0) is 11.0 Å². The van der Waals surface area contributed by atoms with Crippen molar-refractivity contribution in [2.75, 3.05) is 32.1 Å². The molecule has 0 spiro atoms. The van der Waals surface area contributed by atoms with E-state index < -0.39 is 11.7 Å². The maximum Gasteiger partial charge on any atom is 0.416 e. The lowest BCUT2D eigenvalue weighted by Crippen LogP contribution is -2.31. The molecule has 3 heterocycles. The zero-order valence-electron chi connectivity index (χ0n) is 18.3. The first-order chi connectivity index (χ1) is 16.2. The van der Waals surface area contributed by atoms with Gasteiger partial charge in [0.2, 0.25) is 5.91 Å². The Balaban J connectivity index is 1.77. The van der Waals surface area contributed by atoms with Gasteiger partial charge in [0.05, 0.1) is 28.8 Å². The van der Waals surface area contributed by atoms with Crippen LogP contribution in [0.2, 0.25) is 0 Å². The van der Waals surface area contributed by atoms with E-state index in [2.05, 4.69) is 25.3 Å². The first kappa shape index (κ1) is 23.3. The van der Waals surface area contributed by atoms with Crippen molar-refractivity contribution in [2.24, 2.45) is 4.99 Å². The Hall–Kier alpha value is -3.83. The molecule has 2 aromatic heterocycles. The first-order valence-corrected chi connectivity index (χ1v) is 10.6. The van der Waals surface area contributed by atoms with Crippen LogP contribution in [0.5, 0.6) is 11.6 Å². The minimum atomic E-state index is -4.59. The molecule has 0 atom stereocenters. The molecule has 0 saturated carbocycles. The summed E-state index contributed by atoms with van der Waals surface area (Å²) in [5, 5.41) is 13.9. The number of benzene rings is 1. The molecule has 1 amide bonds. The van der Waals surface area contributed by atoms with Gasteiger partial charge in [-0.25, -0.2) is 9.97 Å². The quantitative estimate of drug-likeness (QED) is 0.454. The average Bonchev–Trinajstić information content (AvgIpc) is 3.11. The normalized spacial score (nSPS) is 16.0. The Morgan fingerprint density at radius 3 is 2.79 bits per heavy atom. The van der Waals surface area contributed by atoms with Crippen molar-refractivity contribution in [1.82, 2.24) is 19.9 Å². The molecule has 0 saturated heterocycles. The predicted molar refractivity (Wildman–Crippen MR) is 120 cm³/mol. The molecule has 1 aromatic carbocycles. The highest BCUT2D eigenvalue weighted by Gasteiger charge is 2.31. The van der Waals surface area contributed by atoms with Gasteiger partial charge in [0.1, 0.15) is 23.5 Å².